The Morgan fingerprint density at radius 1 is 1.50 bits per heavy atom. The van der Waals surface area contributed by atoms with Crippen molar-refractivity contribution in [1.29, 1.82) is 5.26 Å². The number of benzene rings is 1. The summed E-state index contributed by atoms with van der Waals surface area (Å²) in [5.74, 6) is -0.793. The number of hydrogen-bond acceptors (Lipinski definition) is 5. The third-order valence-corrected chi connectivity index (χ3v) is 3.14. The van der Waals surface area contributed by atoms with Gasteiger partial charge in [0.05, 0.1) is 11.1 Å². The lowest BCUT2D eigenvalue weighted by atomic mass is 10.2. The van der Waals surface area contributed by atoms with E-state index < -0.39 is 12.5 Å². The average molecular weight is 332 g/mol. The van der Waals surface area contributed by atoms with Crippen LogP contribution in [0.5, 0.6) is 5.88 Å². The molecule has 0 saturated heterocycles. The van der Waals surface area contributed by atoms with Crippen molar-refractivity contribution in [3.8, 4) is 11.9 Å². The van der Waals surface area contributed by atoms with Crippen molar-refractivity contribution >= 4 is 22.9 Å². The number of amides is 1. The highest BCUT2D eigenvalue weighted by atomic mass is 19.3. The molecule has 0 atom stereocenters. The molecule has 0 spiro atoms. The first-order chi connectivity index (χ1) is 11.5. The van der Waals surface area contributed by atoms with E-state index in [1.807, 2.05) is 6.07 Å². The highest BCUT2D eigenvalue weighted by Gasteiger charge is 2.17. The summed E-state index contributed by atoms with van der Waals surface area (Å²) < 4.78 is 29.7. The molecule has 1 amide bonds. The predicted octanol–water partition coefficient (Wildman–Crippen LogP) is 2.02. The van der Waals surface area contributed by atoms with E-state index in [0.717, 1.165) is 10.7 Å². The quantitative estimate of drug-likeness (QED) is 0.760. The van der Waals surface area contributed by atoms with Crippen LogP contribution in [0.15, 0.2) is 24.3 Å². The first kappa shape index (κ1) is 15.4. The minimum Gasteiger partial charge on any atom is -0.417 e. The van der Waals surface area contributed by atoms with E-state index in [-0.39, 0.29) is 17.5 Å². The number of nitrogens with zero attached hydrogens (tertiary/aromatic N) is 4. The fourth-order valence-corrected chi connectivity index (χ4v) is 2.12. The van der Waals surface area contributed by atoms with Crippen molar-refractivity contribution < 1.29 is 18.3 Å². The Bertz CT molecular complexity index is 956. The number of anilines is 1. The molecule has 0 aliphatic carbocycles. The second-order valence-electron chi connectivity index (χ2n) is 4.72. The van der Waals surface area contributed by atoms with Crippen LogP contribution in [0.25, 0.3) is 11.0 Å². The van der Waals surface area contributed by atoms with Gasteiger partial charge in [-0.2, -0.15) is 19.1 Å². The molecule has 2 heterocycles. The summed E-state index contributed by atoms with van der Waals surface area (Å²) in [7, 11) is 1.37. The van der Waals surface area contributed by atoms with Crippen LogP contribution in [-0.2, 0) is 7.05 Å². The molecule has 8 nitrogen and oxygen atoms in total. The monoisotopic (exact) mass is 332 g/mol. The van der Waals surface area contributed by atoms with E-state index in [1.165, 1.54) is 7.05 Å². The summed E-state index contributed by atoms with van der Waals surface area (Å²) >= 11 is 0. The standard InChI is InChI=1S/C14H10F2N6O2/c1-22-10(24-13(15)16)5-9(21-22)12(23)20-14-18-8-4-2-3-7(6-17)11(8)19-14/h2-5,13H,1H3,(H2,18,19,20,23). The SMILES string of the molecule is Cn1nc(C(=O)Nc2nc3c(C#N)cccc3[nH]2)cc1OC(F)F. The van der Waals surface area contributed by atoms with Crippen molar-refractivity contribution in [1.82, 2.24) is 19.7 Å². The maximum absolute atomic E-state index is 12.2. The Labute approximate surface area is 133 Å². The zero-order valence-corrected chi connectivity index (χ0v) is 12.2. The molecule has 2 N–H and O–H groups in total. The highest BCUT2D eigenvalue weighted by Crippen LogP contribution is 2.19. The van der Waals surface area contributed by atoms with Crippen molar-refractivity contribution in [2.24, 2.45) is 7.05 Å². The van der Waals surface area contributed by atoms with Gasteiger partial charge < -0.3 is 9.72 Å². The maximum Gasteiger partial charge on any atom is 0.388 e. The van der Waals surface area contributed by atoms with E-state index >= 15 is 0 Å². The van der Waals surface area contributed by atoms with Crippen LogP contribution in [-0.4, -0.2) is 32.3 Å². The van der Waals surface area contributed by atoms with Gasteiger partial charge in [0, 0.05) is 13.1 Å². The van der Waals surface area contributed by atoms with Gasteiger partial charge in [-0.25, -0.2) is 9.67 Å². The number of carbonyl (C=O) groups excluding carboxylic acids is 1. The third-order valence-electron chi connectivity index (χ3n) is 3.14. The normalized spacial score (nSPS) is 10.8. The highest BCUT2D eigenvalue weighted by molar-refractivity contribution is 6.02. The molecule has 0 aliphatic rings. The number of aryl methyl sites for hydroxylation is 1. The van der Waals surface area contributed by atoms with Crippen LogP contribution in [0.4, 0.5) is 14.7 Å². The smallest absolute Gasteiger partial charge is 0.388 e. The van der Waals surface area contributed by atoms with Gasteiger partial charge in [-0.05, 0) is 12.1 Å². The Kier molecular flexibility index (Phi) is 3.83. The van der Waals surface area contributed by atoms with E-state index in [9.17, 15) is 13.6 Å². The molecule has 3 rings (SSSR count). The molecule has 3 aromatic rings. The molecule has 0 aliphatic heterocycles. The van der Waals surface area contributed by atoms with E-state index in [0.29, 0.717) is 16.6 Å². The molecule has 24 heavy (non-hydrogen) atoms. The number of imidazole rings is 1. The number of aromatic amines is 1. The van der Waals surface area contributed by atoms with Crippen LogP contribution < -0.4 is 10.1 Å². The van der Waals surface area contributed by atoms with Gasteiger partial charge in [-0.3, -0.25) is 10.1 Å². The molecule has 0 radical (unpaired) electrons. The van der Waals surface area contributed by atoms with Crippen LogP contribution in [0.3, 0.4) is 0 Å². The number of fused-ring (bicyclic) bond motifs is 1. The molecule has 10 heteroatoms. The fraction of sp³-hybridized carbons (Fsp3) is 0.143. The van der Waals surface area contributed by atoms with Gasteiger partial charge in [0.1, 0.15) is 11.6 Å². The van der Waals surface area contributed by atoms with Gasteiger partial charge in [0.15, 0.2) is 5.69 Å². The summed E-state index contributed by atoms with van der Waals surface area (Å²) in [6.45, 7) is -3.02. The number of alkyl halides is 2. The Balaban J connectivity index is 1.84. The van der Waals surface area contributed by atoms with Gasteiger partial charge in [-0.15, -0.1) is 0 Å². The molecule has 2 aromatic heterocycles. The number of aromatic nitrogens is 4. The van der Waals surface area contributed by atoms with Crippen molar-refractivity contribution in [3.63, 3.8) is 0 Å². The Morgan fingerprint density at radius 3 is 3.00 bits per heavy atom. The van der Waals surface area contributed by atoms with Crippen LogP contribution in [0.2, 0.25) is 0 Å². The molecule has 0 saturated carbocycles. The first-order valence-corrected chi connectivity index (χ1v) is 6.67. The summed E-state index contributed by atoms with van der Waals surface area (Å²) in [6.07, 6.45) is 0. The number of ether oxygens (including phenoxy) is 1. The molecule has 1 aromatic carbocycles. The largest absolute Gasteiger partial charge is 0.417 e. The van der Waals surface area contributed by atoms with Crippen molar-refractivity contribution in [3.05, 3.63) is 35.5 Å². The zero-order valence-electron chi connectivity index (χ0n) is 12.2. The fourth-order valence-electron chi connectivity index (χ4n) is 2.12. The second-order valence-corrected chi connectivity index (χ2v) is 4.72. The van der Waals surface area contributed by atoms with Gasteiger partial charge in [0.25, 0.3) is 5.91 Å². The van der Waals surface area contributed by atoms with Crippen molar-refractivity contribution in [2.75, 3.05) is 5.32 Å². The number of H-pyrrole nitrogens is 1. The van der Waals surface area contributed by atoms with E-state index in [1.54, 1.807) is 18.2 Å². The van der Waals surface area contributed by atoms with E-state index in [2.05, 4.69) is 25.1 Å². The van der Waals surface area contributed by atoms with Crippen LogP contribution in [0.1, 0.15) is 16.1 Å². The van der Waals surface area contributed by atoms with Crippen molar-refractivity contribution in [2.45, 2.75) is 6.61 Å². The summed E-state index contributed by atoms with van der Waals surface area (Å²) in [6, 6.07) is 8.07. The Morgan fingerprint density at radius 2 is 2.29 bits per heavy atom. The number of hydrogen-bond donors (Lipinski definition) is 2. The van der Waals surface area contributed by atoms with Gasteiger partial charge >= 0.3 is 6.61 Å². The Hall–Kier alpha value is -3.48. The number of halogens is 2. The minimum atomic E-state index is -3.02. The third kappa shape index (κ3) is 2.87. The number of nitrogens with one attached hydrogen (secondary N) is 2. The topological polar surface area (TPSA) is 109 Å². The maximum atomic E-state index is 12.2. The lowest BCUT2D eigenvalue weighted by Crippen LogP contribution is -2.14. The number of rotatable bonds is 4. The first-order valence-electron chi connectivity index (χ1n) is 6.67. The number of para-hydroxylation sites is 1. The molecule has 0 fully saturated rings. The van der Waals surface area contributed by atoms with Gasteiger partial charge in [-0.1, -0.05) is 6.07 Å². The summed E-state index contributed by atoms with van der Waals surface area (Å²) in [4.78, 5) is 19.1. The summed E-state index contributed by atoms with van der Waals surface area (Å²) in [5, 5.41) is 15.3. The number of carbonyl (C=O) groups is 1. The molecule has 122 valence electrons. The second kappa shape index (κ2) is 5.96. The molecule has 0 unspecified atom stereocenters. The average Bonchev–Trinajstić information content (AvgIpc) is 3.10. The molecular weight excluding hydrogens is 322 g/mol. The van der Waals surface area contributed by atoms with Crippen LogP contribution in [0, 0.1) is 11.3 Å². The molecular formula is C14H10F2N6O2. The predicted molar refractivity (Wildman–Crippen MR) is 78.6 cm³/mol. The van der Waals surface area contributed by atoms with Crippen LogP contribution >= 0.6 is 0 Å². The minimum absolute atomic E-state index is 0.111. The van der Waals surface area contributed by atoms with Gasteiger partial charge in [0.2, 0.25) is 11.8 Å². The molecule has 0 bridgehead atoms. The van der Waals surface area contributed by atoms with E-state index in [4.69, 9.17) is 5.26 Å². The number of nitriles is 1. The zero-order chi connectivity index (χ0) is 17.3. The summed E-state index contributed by atoms with van der Waals surface area (Å²) in [5.41, 5.74) is 1.23. The lowest BCUT2D eigenvalue weighted by Gasteiger charge is -2.01. The lowest BCUT2D eigenvalue weighted by molar-refractivity contribution is -0.0553.